The summed E-state index contributed by atoms with van der Waals surface area (Å²) in [6.45, 7) is 3.31. The van der Waals surface area contributed by atoms with E-state index in [1.165, 1.54) is 6.08 Å². The number of aryl methyl sites for hydroxylation is 1. The number of hydrogen-bond donors (Lipinski definition) is 2. The molecule has 1 aromatic carbocycles. The Bertz CT molecular complexity index is 576. The Morgan fingerprint density at radius 3 is 2.61 bits per heavy atom. The molecular weight excluding hydrogens is 254 g/mol. The minimum atomic E-state index is -3.30. The SMILES string of the molecule is CCS(=O)(=O)Nc1ccc(C=CC(=O)O)cc1C. The van der Waals surface area contributed by atoms with Gasteiger partial charge in [0.25, 0.3) is 0 Å². The molecule has 0 fully saturated rings. The zero-order chi connectivity index (χ0) is 13.8. The molecule has 0 aliphatic heterocycles. The summed E-state index contributed by atoms with van der Waals surface area (Å²) in [6, 6.07) is 4.98. The lowest BCUT2D eigenvalue weighted by atomic mass is 10.1. The average molecular weight is 269 g/mol. The molecule has 0 bridgehead atoms. The molecule has 0 aromatic heterocycles. The van der Waals surface area contributed by atoms with Crippen molar-refractivity contribution in [1.29, 1.82) is 0 Å². The van der Waals surface area contributed by atoms with Crippen molar-refractivity contribution >= 4 is 27.8 Å². The molecule has 0 saturated heterocycles. The third-order valence-electron chi connectivity index (χ3n) is 2.31. The Morgan fingerprint density at radius 1 is 1.44 bits per heavy atom. The van der Waals surface area contributed by atoms with Gasteiger partial charge in [-0.2, -0.15) is 0 Å². The number of anilines is 1. The van der Waals surface area contributed by atoms with Crippen LogP contribution in [0.15, 0.2) is 24.3 Å². The van der Waals surface area contributed by atoms with Crippen molar-refractivity contribution in [1.82, 2.24) is 0 Å². The zero-order valence-electron chi connectivity index (χ0n) is 10.2. The minimum absolute atomic E-state index is 0.00705. The smallest absolute Gasteiger partial charge is 0.328 e. The van der Waals surface area contributed by atoms with Crippen LogP contribution in [-0.4, -0.2) is 25.2 Å². The van der Waals surface area contributed by atoms with Gasteiger partial charge in [0.15, 0.2) is 0 Å². The second-order valence-corrected chi connectivity index (χ2v) is 5.76. The van der Waals surface area contributed by atoms with Crippen LogP contribution in [0, 0.1) is 6.92 Å². The lowest BCUT2D eigenvalue weighted by Gasteiger charge is -2.09. The first-order valence-corrected chi connectivity index (χ1v) is 7.01. The first-order chi connectivity index (χ1) is 8.34. The normalized spacial score (nSPS) is 11.7. The molecule has 6 heteroatoms. The minimum Gasteiger partial charge on any atom is -0.478 e. The van der Waals surface area contributed by atoms with Gasteiger partial charge in [0.05, 0.1) is 11.4 Å². The van der Waals surface area contributed by atoms with Crippen LogP contribution >= 0.6 is 0 Å². The number of rotatable bonds is 5. The second kappa shape index (κ2) is 5.68. The third kappa shape index (κ3) is 4.21. The molecule has 0 heterocycles. The standard InChI is InChI=1S/C12H15NO4S/c1-3-18(16,17)13-11-6-4-10(8-9(11)2)5-7-12(14)15/h4-8,13H,3H2,1-2H3,(H,14,15). The molecule has 0 atom stereocenters. The summed E-state index contributed by atoms with van der Waals surface area (Å²) in [5.41, 5.74) is 1.94. The summed E-state index contributed by atoms with van der Waals surface area (Å²) < 4.78 is 25.3. The number of carboxylic acid groups (broad SMARTS) is 1. The molecule has 0 amide bonds. The summed E-state index contributed by atoms with van der Waals surface area (Å²) in [5.74, 6) is -1.02. The Morgan fingerprint density at radius 2 is 2.11 bits per heavy atom. The summed E-state index contributed by atoms with van der Waals surface area (Å²) in [5, 5.41) is 8.50. The van der Waals surface area contributed by atoms with Crippen molar-refractivity contribution in [3.05, 3.63) is 35.4 Å². The number of benzene rings is 1. The van der Waals surface area contributed by atoms with Crippen molar-refractivity contribution in [2.75, 3.05) is 10.5 Å². The molecule has 2 N–H and O–H groups in total. The van der Waals surface area contributed by atoms with E-state index in [9.17, 15) is 13.2 Å². The first kappa shape index (κ1) is 14.2. The summed E-state index contributed by atoms with van der Waals surface area (Å²) >= 11 is 0. The maximum absolute atomic E-state index is 11.4. The second-order valence-electron chi connectivity index (χ2n) is 3.75. The van der Waals surface area contributed by atoms with Crippen LogP contribution in [0.4, 0.5) is 5.69 Å². The first-order valence-electron chi connectivity index (χ1n) is 5.36. The number of carbonyl (C=O) groups is 1. The molecule has 1 rings (SSSR count). The number of aliphatic carboxylic acids is 1. The van der Waals surface area contributed by atoms with Gasteiger partial charge in [0.1, 0.15) is 0 Å². The van der Waals surface area contributed by atoms with Gasteiger partial charge >= 0.3 is 5.97 Å². The highest BCUT2D eigenvalue weighted by Gasteiger charge is 2.08. The molecule has 1 aromatic rings. The highest BCUT2D eigenvalue weighted by molar-refractivity contribution is 7.92. The molecule has 0 unspecified atom stereocenters. The van der Waals surface area contributed by atoms with Crippen molar-refractivity contribution < 1.29 is 18.3 Å². The van der Waals surface area contributed by atoms with E-state index in [1.807, 2.05) is 0 Å². The maximum atomic E-state index is 11.4. The molecule has 5 nitrogen and oxygen atoms in total. The number of hydrogen-bond acceptors (Lipinski definition) is 3. The van der Waals surface area contributed by atoms with E-state index in [-0.39, 0.29) is 5.75 Å². The van der Waals surface area contributed by atoms with Gasteiger partial charge < -0.3 is 5.11 Å². The lowest BCUT2D eigenvalue weighted by molar-refractivity contribution is -0.131. The predicted molar refractivity (Wildman–Crippen MR) is 70.9 cm³/mol. The van der Waals surface area contributed by atoms with Gasteiger partial charge in [0.2, 0.25) is 10.0 Å². The van der Waals surface area contributed by atoms with E-state index >= 15 is 0 Å². The van der Waals surface area contributed by atoms with Crippen LogP contribution in [0.25, 0.3) is 6.08 Å². The van der Waals surface area contributed by atoms with Crippen LogP contribution in [0.2, 0.25) is 0 Å². The fourth-order valence-electron chi connectivity index (χ4n) is 1.31. The molecule has 18 heavy (non-hydrogen) atoms. The zero-order valence-corrected chi connectivity index (χ0v) is 11.0. The summed E-state index contributed by atoms with van der Waals surface area (Å²) in [6.07, 6.45) is 2.48. The molecule has 0 radical (unpaired) electrons. The van der Waals surface area contributed by atoms with Crippen molar-refractivity contribution in [2.24, 2.45) is 0 Å². The number of nitrogens with one attached hydrogen (secondary N) is 1. The van der Waals surface area contributed by atoms with Crippen LogP contribution < -0.4 is 4.72 Å². The fourth-order valence-corrected chi connectivity index (χ4v) is 2.02. The van der Waals surface area contributed by atoms with E-state index in [0.29, 0.717) is 11.3 Å². The largest absolute Gasteiger partial charge is 0.478 e. The Balaban J connectivity index is 2.97. The fraction of sp³-hybridized carbons (Fsp3) is 0.250. The maximum Gasteiger partial charge on any atom is 0.328 e. The van der Waals surface area contributed by atoms with E-state index in [2.05, 4.69) is 4.72 Å². The van der Waals surface area contributed by atoms with Crippen LogP contribution in [-0.2, 0) is 14.8 Å². The summed E-state index contributed by atoms with van der Waals surface area (Å²) in [7, 11) is -3.30. The topological polar surface area (TPSA) is 83.5 Å². The summed E-state index contributed by atoms with van der Waals surface area (Å²) in [4.78, 5) is 10.4. The lowest BCUT2D eigenvalue weighted by Crippen LogP contribution is -2.15. The van der Waals surface area contributed by atoms with Gasteiger partial charge in [-0.15, -0.1) is 0 Å². The van der Waals surface area contributed by atoms with Gasteiger partial charge in [-0.1, -0.05) is 6.07 Å². The Labute approximate surface area is 106 Å². The van der Waals surface area contributed by atoms with Crippen molar-refractivity contribution in [3.8, 4) is 0 Å². The number of sulfonamides is 1. The van der Waals surface area contributed by atoms with E-state index in [4.69, 9.17) is 5.11 Å². The molecule has 98 valence electrons. The van der Waals surface area contributed by atoms with Gasteiger partial charge in [0, 0.05) is 6.08 Å². The molecular formula is C12H15NO4S. The predicted octanol–water partition coefficient (Wildman–Crippen LogP) is 1.85. The molecule has 0 aliphatic rings. The third-order valence-corrected chi connectivity index (χ3v) is 3.61. The molecule has 0 aliphatic carbocycles. The Kier molecular flexibility index (Phi) is 4.49. The van der Waals surface area contributed by atoms with E-state index in [0.717, 1.165) is 11.6 Å². The molecule has 0 saturated carbocycles. The van der Waals surface area contributed by atoms with Crippen molar-refractivity contribution in [3.63, 3.8) is 0 Å². The van der Waals surface area contributed by atoms with Crippen molar-refractivity contribution in [2.45, 2.75) is 13.8 Å². The van der Waals surface area contributed by atoms with Gasteiger partial charge in [-0.05, 0) is 43.2 Å². The van der Waals surface area contributed by atoms with Gasteiger partial charge in [-0.3, -0.25) is 4.72 Å². The van der Waals surface area contributed by atoms with E-state index < -0.39 is 16.0 Å². The van der Waals surface area contributed by atoms with Crippen LogP contribution in [0.5, 0.6) is 0 Å². The number of carboxylic acids is 1. The monoisotopic (exact) mass is 269 g/mol. The Hall–Kier alpha value is -1.82. The van der Waals surface area contributed by atoms with Gasteiger partial charge in [-0.25, -0.2) is 13.2 Å². The highest BCUT2D eigenvalue weighted by Crippen LogP contribution is 2.18. The van der Waals surface area contributed by atoms with E-state index in [1.54, 1.807) is 32.0 Å². The quantitative estimate of drug-likeness (QED) is 0.799. The highest BCUT2D eigenvalue weighted by atomic mass is 32.2. The van der Waals surface area contributed by atoms with Crippen LogP contribution in [0.1, 0.15) is 18.1 Å². The molecule has 0 spiro atoms. The average Bonchev–Trinajstić information content (AvgIpc) is 2.29. The van der Waals surface area contributed by atoms with Crippen LogP contribution in [0.3, 0.4) is 0 Å².